The fourth-order valence-corrected chi connectivity index (χ4v) is 15.4. The molecular formula is C84H175N5O26S5. The van der Waals surface area contributed by atoms with E-state index >= 15 is 0 Å². The summed E-state index contributed by atoms with van der Waals surface area (Å²) in [5.74, 6) is 10.3. The molecule has 0 radical (unpaired) electrons. The van der Waals surface area contributed by atoms with Crippen LogP contribution in [-0.4, -0.2) is 516 Å². The summed E-state index contributed by atoms with van der Waals surface area (Å²) in [5.41, 5.74) is 0. The molecule has 0 aliphatic heterocycles. The van der Waals surface area contributed by atoms with Crippen molar-refractivity contribution in [3.63, 3.8) is 0 Å². The standard InChI is InChI=1S/C84H175N5O26S5/c1-17-94-56-77(108-34-24-39-118-44-29-87(11)12)61-99-48-72(6)111-68-83(66-104-55-76(47-90)112-54-75(93)53-100-49-73(91)50-101-62-78(57-95-18-2)109-35-25-40-119-45-30-88(13)14)115-71-84(114-70-82(107-21-5)60-98-33-23-38-117-43-28-86(9)10)67-105-65-80(113-69-81(106-20-4)59-97-32-22-37-116-42-27-85(7)8)64-103-52-74(92)51-102-63-79(58-96-19-3)110-36-26-41-120-46-31-89(15)16/h72-84,90-93H,17-71H2,1-16H3. The Morgan fingerprint density at radius 3 is 0.742 bits per heavy atom. The lowest BCUT2D eigenvalue weighted by atomic mass is 10.3. The summed E-state index contributed by atoms with van der Waals surface area (Å²) >= 11 is 9.54. The Labute approximate surface area is 748 Å². The van der Waals surface area contributed by atoms with Gasteiger partial charge in [0.05, 0.1) is 171 Å². The van der Waals surface area contributed by atoms with E-state index in [-0.39, 0.29) is 149 Å². The van der Waals surface area contributed by atoms with Crippen molar-refractivity contribution in [2.45, 2.75) is 153 Å². The molecule has 13 unspecified atom stereocenters. The minimum Gasteiger partial charge on any atom is -0.394 e. The lowest BCUT2D eigenvalue weighted by molar-refractivity contribution is -0.151. The molecule has 0 saturated carbocycles. The third-order valence-corrected chi connectivity index (χ3v) is 22.3. The number of aliphatic hydroxyl groups excluding tert-OH is 4. The summed E-state index contributed by atoms with van der Waals surface area (Å²) in [5, 5.41) is 43.4. The highest BCUT2D eigenvalue weighted by molar-refractivity contribution is 8.00. The van der Waals surface area contributed by atoms with E-state index in [2.05, 4.69) is 95.0 Å². The molecule has 0 aromatic carbocycles. The van der Waals surface area contributed by atoms with Crippen molar-refractivity contribution in [2.75, 3.05) is 392 Å². The Hall–Kier alpha value is 0.510. The highest BCUT2D eigenvalue weighted by Gasteiger charge is 2.25. The SMILES string of the molecule is CCOCC(COCC(O)COCC(O)COC(CO)COCC(COC(C)COCC(COCC)OCCCSCCN(C)C)OCC(COCC(COCC(O)COCC(COCC)OCCCSCCN(C)C)OCC(COCCCSCCN(C)C)OCC)OCC(COCCCSCCN(C)C)OCC)OCCCSCCN(C)C. The van der Waals surface area contributed by atoms with Crippen molar-refractivity contribution >= 4 is 58.8 Å². The van der Waals surface area contributed by atoms with E-state index < -0.39 is 55.4 Å². The van der Waals surface area contributed by atoms with Gasteiger partial charge in [-0.3, -0.25) is 0 Å². The van der Waals surface area contributed by atoms with E-state index in [9.17, 15) is 20.4 Å². The first-order chi connectivity index (χ1) is 58.2. The second kappa shape index (κ2) is 90.1. The van der Waals surface area contributed by atoms with E-state index in [0.717, 1.165) is 122 Å². The molecule has 0 aromatic rings. The molecule has 0 rings (SSSR count). The highest BCUT2D eigenvalue weighted by Crippen LogP contribution is 2.14. The van der Waals surface area contributed by atoms with Crippen molar-refractivity contribution in [3.8, 4) is 0 Å². The van der Waals surface area contributed by atoms with Crippen molar-refractivity contribution in [3.05, 3.63) is 0 Å². The van der Waals surface area contributed by atoms with Crippen LogP contribution in [0.4, 0.5) is 0 Å². The molecule has 4 N–H and O–H groups in total. The molecule has 0 fully saturated rings. The van der Waals surface area contributed by atoms with Gasteiger partial charge in [0.15, 0.2) is 0 Å². The second-order valence-corrected chi connectivity index (χ2v) is 36.6. The van der Waals surface area contributed by atoms with Crippen LogP contribution in [0.1, 0.15) is 73.6 Å². The number of thioether (sulfide) groups is 5. The number of hydrogen-bond donors (Lipinski definition) is 4. The Balaban J connectivity index is 6.78. The van der Waals surface area contributed by atoms with Crippen LogP contribution < -0.4 is 0 Å². The minimum atomic E-state index is -1.08. The summed E-state index contributed by atoms with van der Waals surface area (Å²) in [4.78, 5) is 10.9. The molecule has 0 heterocycles. The Morgan fingerprint density at radius 2 is 0.442 bits per heavy atom. The van der Waals surface area contributed by atoms with Crippen molar-refractivity contribution in [1.29, 1.82) is 0 Å². The highest BCUT2D eigenvalue weighted by atomic mass is 32.2. The van der Waals surface area contributed by atoms with Gasteiger partial charge in [0.25, 0.3) is 0 Å². The molecule has 31 nitrogen and oxygen atoms in total. The van der Waals surface area contributed by atoms with Gasteiger partial charge in [-0.2, -0.15) is 58.8 Å². The summed E-state index contributed by atoms with van der Waals surface area (Å²) < 4.78 is 135. The minimum absolute atomic E-state index is 0.00503. The summed E-state index contributed by atoms with van der Waals surface area (Å²) in [6, 6.07) is 0. The van der Waals surface area contributed by atoms with Gasteiger partial charge in [-0.25, -0.2) is 0 Å². The Bertz CT molecular complexity index is 2060. The number of hydrogen-bond acceptors (Lipinski definition) is 36. The van der Waals surface area contributed by atoms with Crippen molar-refractivity contribution < 1.29 is 125 Å². The lowest BCUT2D eigenvalue weighted by Gasteiger charge is -2.27. The molecule has 0 bridgehead atoms. The van der Waals surface area contributed by atoms with E-state index in [1.165, 1.54) is 0 Å². The summed E-state index contributed by atoms with van der Waals surface area (Å²) in [6.45, 7) is 24.9. The molecule has 0 aliphatic carbocycles. The van der Waals surface area contributed by atoms with Crippen molar-refractivity contribution in [1.82, 2.24) is 24.5 Å². The molecule has 0 amide bonds. The topological polar surface area (TPSA) is 300 Å². The molecule has 36 heteroatoms. The zero-order valence-corrected chi connectivity index (χ0v) is 81.5. The van der Waals surface area contributed by atoms with Gasteiger partial charge in [-0.05, 0) is 173 Å². The largest absolute Gasteiger partial charge is 0.394 e. The van der Waals surface area contributed by atoms with Crippen LogP contribution in [0.3, 0.4) is 0 Å². The van der Waals surface area contributed by atoms with Crippen LogP contribution in [-0.2, 0) is 104 Å². The third kappa shape index (κ3) is 84.1. The van der Waals surface area contributed by atoms with Gasteiger partial charge >= 0.3 is 0 Å². The van der Waals surface area contributed by atoms with E-state index in [0.29, 0.717) is 106 Å². The Kier molecular flexibility index (Phi) is 90.5. The van der Waals surface area contributed by atoms with Gasteiger partial charge < -0.3 is 149 Å². The fraction of sp³-hybridized carbons (Fsp3) is 1.00. The maximum absolute atomic E-state index is 11.2. The number of aliphatic hydroxyl groups is 4. The van der Waals surface area contributed by atoms with Gasteiger partial charge in [0.1, 0.15) is 73.2 Å². The first kappa shape index (κ1) is 121. The first-order valence-electron chi connectivity index (χ1n) is 44.0. The molecule has 0 aromatic heterocycles. The van der Waals surface area contributed by atoms with Crippen LogP contribution in [0, 0.1) is 0 Å². The van der Waals surface area contributed by atoms with Crippen LogP contribution in [0.2, 0.25) is 0 Å². The van der Waals surface area contributed by atoms with Gasteiger partial charge in [-0.1, -0.05) is 0 Å². The smallest absolute Gasteiger partial charge is 0.104 e. The monoisotopic (exact) mass is 1830 g/mol. The van der Waals surface area contributed by atoms with Gasteiger partial charge in [0, 0.05) is 128 Å². The van der Waals surface area contributed by atoms with Crippen LogP contribution >= 0.6 is 58.8 Å². The van der Waals surface area contributed by atoms with Crippen LogP contribution in [0.25, 0.3) is 0 Å². The average Bonchev–Trinajstić information content (AvgIpc) is 0.930. The number of nitrogens with zero attached hydrogens (tertiary/aromatic N) is 5. The van der Waals surface area contributed by atoms with Crippen LogP contribution in [0.15, 0.2) is 0 Å². The second-order valence-electron chi connectivity index (χ2n) is 30.5. The van der Waals surface area contributed by atoms with E-state index in [1.54, 1.807) is 0 Å². The zero-order chi connectivity index (χ0) is 88.4. The molecule has 0 aliphatic rings. The van der Waals surface area contributed by atoms with Gasteiger partial charge in [0.2, 0.25) is 0 Å². The molecule has 0 saturated heterocycles. The summed E-state index contributed by atoms with van der Waals surface area (Å²) in [6.07, 6.45) is -3.24. The van der Waals surface area contributed by atoms with E-state index in [4.69, 9.17) is 104 Å². The molecule has 0 spiro atoms. The number of ether oxygens (including phenoxy) is 22. The quantitative estimate of drug-likeness (QED) is 0.0534. The molecule has 120 heavy (non-hydrogen) atoms. The molecular weight excluding hydrogens is 1660 g/mol. The van der Waals surface area contributed by atoms with E-state index in [1.807, 2.05) is 100 Å². The zero-order valence-electron chi connectivity index (χ0n) is 77.4. The number of rotatable bonds is 99. The predicted octanol–water partition coefficient (Wildman–Crippen LogP) is 5.66. The molecule has 722 valence electrons. The first-order valence-corrected chi connectivity index (χ1v) is 49.8. The maximum atomic E-state index is 11.2. The average molecular weight is 1830 g/mol. The fourth-order valence-electron chi connectivity index (χ4n) is 10.3. The Morgan fingerprint density at radius 1 is 0.217 bits per heavy atom. The molecule has 13 atom stereocenters. The summed E-state index contributed by atoms with van der Waals surface area (Å²) in [7, 11) is 20.8. The van der Waals surface area contributed by atoms with Gasteiger partial charge in [-0.15, -0.1) is 0 Å². The third-order valence-electron chi connectivity index (χ3n) is 17.0. The maximum Gasteiger partial charge on any atom is 0.104 e. The lowest BCUT2D eigenvalue weighted by Crippen LogP contribution is -2.38. The van der Waals surface area contributed by atoms with Crippen LogP contribution in [0.5, 0.6) is 0 Å². The van der Waals surface area contributed by atoms with Crippen molar-refractivity contribution in [2.24, 2.45) is 0 Å². The predicted molar refractivity (Wildman–Crippen MR) is 489 cm³/mol. The normalized spacial score (nSPS) is 15.7.